The highest BCUT2D eigenvalue weighted by Gasteiger charge is 1.98. The minimum absolute atomic E-state index is 0. The van der Waals surface area contributed by atoms with Crippen LogP contribution in [0.2, 0.25) is 0 Å². The van der Waals surface area contributed by atoms with Gasteiger partial charge in [-0.2, -0.15) is 0 Å². The highest BCUT2D eigenvalue weighted by atomic mass is 35.5. The molecular weight excluding hydrogens is 140 g/mol. The SMILES string of the molecule is C[C@@H](N)c1cocn1.Cl. The Balaban J connectivity index is 0.000000640. The van der Waals surface area contributed by atoms with Crippen LogP contribution in [0.1, 0.15) is 18.7 Å². The summed E-state index contributed by atoms with van der Waals surface area (Å²) in [4.78, 5) is 3.82. The normalized spacial score (nSPS) is 12.2. The molecule has 1 aromatic rings. The third-order valence-electron chi connectivity index (χ3n) is 0.918. The van der Waals surface area contributed by atoms with Gasteiger partial charge >= 0.3 is 0 Å². The number of nitrogens with zero attached hydrogens (tertiary/aromatic N) is 1. The van der Waals surface area contributed by atoms with Crippen molar-refractivity contribution >= 4 is 12.4 Å². The number of nitrogens with two attached hydrogens (primary N) is 1. The van der Waals surface area contributed by atoms with Gasteiger partial charge in [-0.15, -0.1) is 12.4 Å². The minimum atomic E-state index is -0.0197. The maximum absolute atomic E-state index is 5.44. The first kappa shape index (κ1) is 8.46. The van der Waals surface area contributed by atoms with Crippen LogP contribution in [0, 0.1) is 0 Å². The molecule has 0 aliphatic rings. The van der Waals surface area contributed by atoms with Crippen LogP contribution in [0.4, 0.5) is 0 Å². The van der Waals surface area contributed by atoms with E-state index < -0.39 is 0 Å². The molecule has 52 valence electrons. The van der Waals surface area contributed by atoms with Crippen molar-refractivity contribution in [3.05, 3.63) is 18.4 Å². The van der Waals surface area contributed by atoms with Crippen molar-refractivity contribution in [3.8, 4) is 0 Å². The molecule has 0 fully saturated rings. The van der Waals surface area contributed by atoms with Crippen molar-refractivity contribution in [2.45, 2.75) is 13.0 Å². The molecule has 1 atom stereocenters. The zero-order valence-corrected chi connectivity index (χ0v) is 5.89. The van der Waals surface area contributed by atoms with E-state index in [-0.39, 0.29) is 18.4 Å². The van der Waals surface area contributed by atoms with Gasteiger partial charge in [0.15, 0.2) is 6.39 Å². The molecule has 0 aromatic carbocycles. The summed E-state index contributed by atoms with van der Waals surface area (Å²) in [6, 6.07) is -0.0197. The average Bonchev–Trinajstić information content (AvgIpc) is 2.12. The van der Waals surface area contributed by atoms with Crippen molar-refractivity contribution in [3.63, 3.8) is 0 Å². The molecule has 2 N–H and O–H groups in total. The van der Waals surface area contributed by atoms with E-state index in [1.165, 1.54) is 6.39 Å². The summed E-state index contributed by atoms with van der Waals surface area (Å²) in [6.07, 6.45) is 2.92. The fourth-order valence-corrected chi connectivity index (χ4v) is 0.447. The van der Waals surface area contributed by atoms with Gasteiger partial charge in [0.2, 0.25) is 0 Å². The number of aromatic nitrogens is 1. The fourth-order valence-electron chi connectivity index (χ4n) is 0.447. The van der Waals surface area contributed by atoms with E-state index in [0.717, 1.165) is 5.69 Å². The van der Waals surface area contributed by atoms with Crippen LogP contribution < -0.4 is 5.73 Å². The van der Waals surface area contributed by atoms with Crippen LogP contribution in [0.15, 0.2) is 17.1 Å². The Morgan fingerprint density at radius 3 is 2.67 bits per heavy atom. The first-order valence-electron chi connectivity index (χ1n) is 2.44. The second-order valence-corrected chi connectivity index (χ2v) is 1.70. The van der Waals surface area contributed by atoms with E-state index in [4.69, 9.17) is 5.73 Å². The molecule has 0 saturated heterocycles. The standard InChI is InChI=1S/C5H8N2O.ClH/c1-4(6)5-2-8-3-7-5;/h2-4H,6H2,1H3;1H/t4-;/m1./s1. The highest BCUT2D eigenvalue weighted by Crippen LogP contribution is 2.03. The van der Waals surface area contributed by atoms with E-state index in [9.17, 15) is 0 Å². The summed E-state index contributed by atoms with van der Waals surface area (Å²) in [6.45, 7) is 1.86. The van der Waals surface area contributed by atoms with Crippen LogP contribution in [0.25, 0.3) is 0 Å². The molecule has 0 unspecified atom stereocenters. The molecule has 0 aliphatic heterocycles. The van der Waals surface area contributed by atoms with Gasteiger partial charge in [0, 0.05) is 6.04 Å². The number of halogens is 1. The molecule has 1 heterocycles. The van der Waals surface area contributed by atoms with Gasteiger partial charge in [-0.3, -0.25) is 0 Å². The molecule has 0 aliphatic carbocycles. The smallest absolute Gasteiger partial charge is 0.180 e. The van der Waals surface area contributed by atoms with Gasteiger partial charge in [-0.25, -0.2) is 4.98 Å². The molecule has 0 saturated carbocycles. The van der Waals surface area contributed by atoms with Crippen molar-refractivity contribution in [1.82, 2.24) is 4.98 Å². The van der Waals surface area contributed by atoms with Gasteiger partial charge in [-0.05, 0) is 6.92 Å². The number of rotatable bonds is 1. The molecule has 0 spiro atoms. The van der Waals surface area contributed by atoms with Crippen molar-refractivity contribution in [2.75, 3.05) is 0 Å². The molecule has 0 bridgehead atoms. The zero-order valence-electron chi connectivity index (χ0n) is 5.07. The Bertz CT molecular complexity index is 150. The fraction of sp³-hybridized carbons (Fsp3) is 0.400. The van der Waals surface area contributed by atoms with E-state index in [0.29, 0.717) is 0 Å². The lowest BCUT2D eigenvalue weighted by Crippen LogP contribution is -2.04. The van der Waals surface area contributed by atoms with Crippen molar-refractivity contribution in [2.24, 2.45) is 5.73 Å². The summed E-state index contributed by atoms with van der Waals surface area (Å²) in [5.41, 5.74) is 6.23. The molecule has 0 amide bonds. The van der Waals surface area contributed by atoms with Gasteiger partial charge in [0.25, 0.3) is 0 Å². The van der Waals surface area contributed by atoms with E-state index in [1.54, 1.807) is 6.26 Å². The minimum Gasteiger partial charge on any atom is -0.451 e. The van der Waals surface area contributed by atoms with Gasteiger partial charge in [-0.1, -0.05) is 0 Å². The number of oxazole rings is 1. The van der Waals surface area contributed by atoms with Crippen LogP contribution in [0.5, 0.6) is 0 Å². The van der Waals surface area contributed by atoms with Crippen molar-refractivity contribution < 1.29 is 4.42 Å². The first-order valence-corrected chi connectivity index (χ1v) is 2.44. The van der Waals surface area contributed by atoms with E-state index in [1.807, 2.05) is 6.92 Å². The maximum atomic E-state index is 5.44. The van der Waals surface area contributed by atoms with Gasteiger partial charge < -0.3 is 10.2 Å². The maximum Gasteiger partial charge on any atom is 0.180 e. The Labute approximate surface area is 59.7 Å². The van der Waals surface area contributed by atoms with Crippen LogP contribution in [-0.2, 0) is 0 Å². The first-order chi connectivity index (χ1) is 3.80. The van der Waals surface area contributed by atoms with Crippen molar-refractivity contribution in [1.29, 1.82) is 0 Å². The average molecular weight is 149 g/mol. The molecule has 9 heavy (non-hydrogen) atoms. The van der Waals surface area contributed by atoms with E-state index >= 15 is 0 Å². The lowest BCUT2D eigenvalue weighted by Gasteiger charge is -1.93. The Morgan fingerprint density at radius 2 is 2.44 bits per heavy atom. The third-order valence-corrected chi connectivity index (χ3v) is 0.918. The zero-order chi connectivity index (χ0) is 5.98. The van der Waals surface area contributed by atoms with Gasteiger partial charge in [0.05, 0.1) is 5.69 Å². The molecule has 0 radical (unpaired) electrons. The lowest BCUT2D eigenvalue weighted by atomic mass is 10.3. The largest absolute Gasteiger partial charge is 0.451 e. The second kappa shape index (κ2) is 3.48. The topological polar surface area (TPSA) is 52.0 Å². The Kier molecular flexibility index (Phi) is 3.27. The molecular formula is C5H9ClN2O. The molecule has 3 nitrogen and oxygen atoms in total. The monoisotopic (exact) mass is 148 g/mol. The summed E-state index contributed by atoms with van der Waals surface area (Å²) >= 11 is 0. The highest BCUT2D eigenvalue weighted by molar-refractivity contribution is 5.85. The Morgan fingerprint density at radius 1 is 1.78 bits per heavy atom. The Hall–Kier alpha value is -0.540. The van der Waals surface area contributed by atoms with E-state index in [2.05, 4.69) is 9.40 Å². The quantitative estimate of drug-likeness (QED) is 0.649. The van der Waals surface area contributed by atoms with Crippen LogP contribution in [-0.4, -0.2) is 4.98 Å². The third kappa shape index (κ3) is 2.03. The predicted molar refractivity (Wildman–Crippen MR) is 36.4 cm³/mol. The number of hydrogen-bond donors (Lipinski definition) is 1. The summed E-state index contributed by atoms with van der Waals surface area (Å²) in [7, 11) is 0. The summed E-state index contributed by atoms with van der Waals surface area (Å²) in [5.74, 6) is 0. The molecule has 4 heteroatoms. The predicted octanol–water partition coefficient (Wildman–Crippen LogP) is 1.12. The summed E-state index contributed by atoms with van der Waals surface area (Å²) < 4.78 is 4.68. The van der Waals surface area contributed by atoms with Crippen LogP contribution >= 0.6 is 12.4 Å². The lowest BCUT2D eigenvalue weighted by molar-refractivity contribution is 0.555. The molecule has 1 rings (SSSR count). The number of hydrogen-bond acceptors (Lipinski definition) is 3. The van der Waals surface area contributed by atoms with Gasteiger partial charge in [0.1, 0.15) is 6.26 Å². The summed E-state index contributed by atoms with van der Waals surface area (Å²) in [5, 5.41) is 0. The second-order valence-electron chi connectivity index (χ2n) is 1.70. The molecule has 1 aromatic heterocycles. The van der Waals surface area contributed by atoms with Crippen LogP contribution in [0.3, 0.4) is 0 Å².